The molecule has 0 aliphatic rings. The molecule has 0 saturated carbocycles. The summed E-state index contributed by atoms with van der Waals surface area (Å²) in [6.45, 7) is 3.06. The highest BCUT2D eigenvalue weighted by atomic mass is 35.5. The lowest BCUT2D eigenvalue weighted by atomic mass is 10.1. The molecule has 2 N–H and O–H groups in total. The van der Waals surface area contributed by atoms with Gasteiger partial charge in [-0.25, -0.2) is 8.42 Å². The Morgan fingerprint density at radius 2 is 1.95 bits per heavy atom. The van der Waals surface area contributed by atoms with Crippen molar-refractivity contribution >= 4 is 34.0 Å². The molecule has 0 unspecified atom stereocenters. The van der Waals surface area contributed by atoms with Crippen LogP contribution in [0.4, 0.5) is 5.69 Å². The van der Waals surface area contributed by atoms with Crippen molar-refractivity contribution in [3.63, 3.8) is 0 Å². The molecule has 0 atom stereocenters. The van der Waals surface area contributed by atoms with Gasteiger partial charge in [-0.3, -0.25) is 9.52 Å². The molecule has 0 radical (unpaired) electrons. The van der Waals surface area contributed by atoms with Gasteiger partial charge in [0, 0.05) is 25.7 Å². The molecule has 0 bridgehead atoms. The van der Waals surface area contributed by atoms with Crippen molar-refractivity contribution in [2.45, 2.75) is 6.92 Å². The molecule has 0 heterocycles. The lowest BCUT2D eigenvalue weighted by molar-refractivity contribution is 0.0797. The van der Waals surface area contributed by atoms with Gasteiger partial charge in [-0.2, -0.15) is 0 Å². The molecule has 21 heavy (non-hydrogen) atoms. The fraction of sp³-hybridized carbons (Fsp3) is 0.462. The van der Waals surface area contributed by atoms with Gasteiger partial charge in [0.15, 0.2) is 0 Å². The number of hydrogen-bond acceptors (Lipinski definition) is 4. The number of nitrogens with zero attached hydrogens (tertiary/aromatic N) is 1. The van der Waals surface area contributed by atoms with Crippen LogP contribution in [0.15, 0.2) is 18.2 Å². The third-order valence-corrected chi connectivity index (χ3v) is 3.41. The van der Waals surface area contributed by atoms with E-state index in [-0.39, 0.29) is 18.3 Å². The molecular formula is C13H22ClN3O3S. The van der Waals surface area contributed by atoms with Crippen molar-refractivity contribution in [1.82, 2.24) is 10.2 Å². The van der Waals surface area contributed by atoms with Crippen molar-refractivity contribution in [3.8, 4) is 0 Å². The number of likely N-dealkylation sites (N-methyl/N-ethyl adjacent to an activating group) is 2. The summed E-state index contributed by atoms with van der Waals surface area (Å²) >= 11 is 0. The predicted molar refractivity (Wildman–Crippen MR) is 87.8 cm³/mol. The first-order valence-electron chi connectivity index (χ1n) is 6.23. The lowest BCUT2D eigenvalue weighted by Crippen LogP contribution is -2.32. The summed E-state index contributed by atoms with van der Waals surface area (Å²) in [7, 11) is 0.168. The number of aryl methyl sites for hydroxylation is 1. The Morgan fingerprint density at radius 3 is 2.48 bits per heavy atom. The van der Waals surface area contributed by atoms with Gasteiger partial charge in [-0.1, -0.05) is 6.07 Å². The Hall–Kier alpha value is -1.31. The summed E-state index contributed by atoms with van der Waals surface area (Å²) in [5.41, 5.74) is 1.66. The fourth-order valence-corrected chi connectivity index (χ4v) is 2.29. The first-order chi connectivity index (χ1) is 9.24. The average Bonchev–Trinajstić information content (AvgIpc) is 2.36. The van der Waals surface area contributed by atoms with Crippen LogP contribution in [-0.4, -0.2) is 52.7 Å². The van der Waals surface area contributed by atoms with Crippen LogP contribution in [0, 0.1) is 6.92 Å². The van der Waals surface area contributed by atoms with E-state index in [2.05, 4.69) is 10.0 Å². The number of benzene rings is 1. The largest absolute Gasteiger partial charge is 0.340 e. The van der Waals surface area contributed by atoms with Gasteiger partial charge in [0.05, 0.1) is 11.9 Å². The summed E-state index contributed by atoms with van der Waals surface area (Å²) in [4.78, 5) is 13.8. The number of hydrogen-bond donors (Lipinski definition) is 2. The standard InChI is InChI=1S/C13H21N3O3S.ClH/c1-10-5-6-11(9-12(10)15-20(4,18)19)13(17)16(3)8-7-14-2;/h5-6,9,14-15H,7-8H2,1-4H3;1H. The molecular weight excluding hydrogens is 314 g/mol. The van der Waals surface area contributed by atoms with Crippen LogP contribution in [0.25, 0.3) is 0 Å². The molecule has 1 amide bonds. The first-order valence-corrected chi connectivity index (χ1v) is 8.12. The molecule has 0 aliphatic carbocycles. The van der Waals surface area contributed by atoms with E-state index in [1.165, 1.54) is 0 Å². The maximum atomic E-state index is 12.2. The summed E-state index contributed by atoms with van der Waals surface area (Å²) in [6, 6.07) is 4.99. The van der Waals surface area contributed by atoms with Gasteiger partial charge in [-0.05, 0) is 31.7 Å². The number of carbonyl (C=O) groups excluding carboxylic acids is 1. The lowest BCUT2D eigenvalue weighted by Gasteiger charge is -2.18. The Morgan fingerprint density at radius 1 is 1.33 bits per heavy atom. The fourth-order valence-electron chi connectivity index (χ4n) is 1.67. The summed E-state index contributed by atoms with van der Waals surface area (Å²) in [5.74, 6) is -0.142. The van der Waals surface area contributed by atoms with Crippen molar-refractivity contribution in [1.29, 1.82) is 0 Å². The monoisotopic (exact) mass is 335 g/mol. The topological polar surface area (TPSA) is 78.5 Å². The zero-order valence-electron chi connectivity index (χ0n) is 12.6. The van der Waals surface area contributed by atoms with Crippen LogP contribution in [-0.2, 0) is 10.0 Å². The van der Waals surface area contributed by atoms with Crippen LogP contribution < -0.4 is 10.0 Å². The molecule has 0 saturated heterocycles. The van der Waals surface area contributed by atoms with Crippen LogP contribution in [0.5, 0.6) is 0 Å². The summed E-state index contributed by atoms with van der Waals surface area (Å²) < 4.78 is 25.0. The number of rotatable bonds is 6. The van der Waals surface area contributed by atoms with Crippen LogP contribution in [0.1, 0.15) is 15.9 Å². The molecule has 1 rings (SSSR count). The van der Waals surface area contributed by atoms with Crippen molar-refractivity contribution in [2.24, 2.45) is 0 Å². The number of nitrogens with one attached hydrogen (secondary N) is 2. The maximum absolute atomic E-state index is 12.2. The van der Waals surface area contributed by atoms with E-state index in [1.54, 1.807) is 37.1 Å². The zero-order chi connectivity index (χ0) is 15.3. The highest BCUT2D eigenvalue weighted by molar-refractivity contribution is 7.92. The minimum Gasteiger partial charge on any atom is -0.340 e. The van der Waals surface area contributed by atoms with Gasteiger partial charge in [0.1, 0.15) is 0 Å². The number of anilines is 1. The maximum Gasteiger partial charge on any atom is 0.253 e. The quantitative estimate of drug-likeness (QED) is 0.815. The van der Waals surface area contributed by atoms with E-state index in [0.717, 1.165) is 11.8 Å². The van der Waals surface area contributed by atoms with E-state index >= 15 is 0 Å². The molecule has 0 aromatic heterocycles. The average molecular weight is 336 g/mol. The van der Waals surface area contributed by atoms with Crippen LogP contribution in [0.3, 0.4) is 0 Å². The molecule has 8 heteroatoms. The van der Waals surface area contributed by atoms with Gasteiger partial charge in [-0.15, -0.1) is 12.4 Å². The smallest absolute Gasteiger partial charge is 0.253 e. The van der Waals surface area contributed by atoms with E-state index in [9.17, 15) is 13.2 Å². The Kier molecular flexibility index (Phi) is 7.70. The van der Waals surface area contributed by atoms with E-state index < -0.39 is 10.0 Å². The number of sulfonamides is 1. The second-order valence-electron chi connectivity index (χ2n) is 4.73. The van der Waals surface area contributed by atoms with Crippen molar-refractivity contribution < 1.29 is 13.2 Å². The molecule has 120 valence electrons. The Balaban J connectivity index is 0.00000400. The minimum atomic E-state index is -3.36. The molecule has 1 aromatic carbocycles. The summed E-state index contributed by atoms with van der Waals surface area (Å²) in [6.07, 6.45) is 1.08. The van der Waals surface area contributed by atoms with Gasteiger partial charge in [0.25, 0.3) is 5.91 Å². The molecule has 0 fully saturated rings. The second kappa shape index (κ2) is 8.21. The highest BCUT2D eigenvalue weighted by Gasteiger charge is 2.14. The Bertz CT molecular complexity index is 590. The van der Waals surface area contributed by atoms with Crippen molar-refractivity contribution in [2.75, 3.05) is 38.2 Å². The van der Waals surface area contributed by atoms with Crippen LogP contribution in [0.2, 0.25) is 0 Å². The Labute approximate surface area is 132 Å². The summed E-state index contributed by atoms with van der Waals surface area (Å²) in [5, 5.41) is 2.97. The normalized spacial score (nSPS) is 10.7. The van der Waals surface area contributed by atoms with Gasteiger partial charge in [0.2, 0.25) is 10.0 Å². The molecule has 0 aliphatic heterocycles. The van der Waals surface area contributed by atoms with E-state index in [1.807, 2.05) is 7.05 Å². The third kappa shape index (κ3) is 6.33. The van der Waals surface area contributed by atoms with Crippen LogP contribution >= 0.6 is 12.4 Å². The van der Waals surface area contributed by atoms with E-state index in [4.69, 9.17) is 0 Å². The minimum absolute atomic E-state index is 0. The SMILES string of the molecule is CNCCN(C)C(=O)c1ccc(C)c(NS(C)(=O)=O)c1.Cl. The third-order valence-electron chi connectivity index (χ3n) is 2.82. The number of halogens is 1. The first kappa shape index (κ1) is 19.7. The molecule has 1 aromatic rings. The highest BCUT2D eigenvalue weighted by Crippen LogP contribution is 2.18. The van der Waals surface area contributed by atoms with E-state index in [0.29, 0.717) is 24.3 Å². The van der Waals surface area contributed by atoms with Gasteiger partial charge >= 0.3 is 0 Å². The second-order valence-corrected chi connectivity index (χ2v) is 6.48. The zero-order valence-corrected chi connectivity index (χ0v) is 14.3. The van der Waals surface area contributed by atoms with Gasteiger partial charge < -0.3 is 10.2 Å². The number of amides is 1. The predicted octanol–water partition coefficient (Wildman–Crippen LogP) is 1.08. The van der Waals surface area contributed by atoms with Crippen molar-refractivity contribution in [3.05, 3.63) is 29.3 Å². The molecule has 6 nitrogen and oxygen atoms in total. The number of carbonyl (C=O) groups is 1. The molecule has 0 spiro atoms.